The van der Waals surface area contributed by atoms with Gasteiger partial charge in [0.15, 0.2) is 0 Å². The molecule has 1 aromatic rings. The average molecular weight is 271 g/mol. The summed E-state index contributed by atoms with van der Waals surface area (Å²) in [6.07, 6.45) is 4.12. The molecule has 1 aromatic heterocycles. The van der Waals surface area contributed by atoms with Gasteiger partial charge in [0.05, 0.1) is 16.4 Å². The third-order valence-corrected chi connectivity index (χ3v) is 3.79. The van der Waals surface area contributed by atoms with Gasteiger partial charge in [0.2, 0.25) is 0 Å². The molecule has 1 aliphatic rings. The number of ketones is 1. The normalized spacial score (nSPS) is 26.2. The fraction of sp³-hybridized carbons (Fsp3) is 0.636. The zero-order chi connectivity index (χ0) is 11.1. The van der Waals surface area contributed by atoms with E-state index in [1.54, 1.807) is 0 Å². The van der Waals surface area contributed by atoms with Crippen LogP contribution in [0.4, 0.5) is 0 Å². The smallest absolute Gasteiger partial charge is 0.133 e. The first-order chi connectivity index (χ1) is 7.07. The highest BCUT2D eigenvalue weighted by Crippen LogP contribution is 2.41. The number of aromatic nitrogens is 2. The van der Waals surface area contributed by atoms with E-state index in [1.807, 2.05) is 10.9 Å². The molecule has 1 heterocycles. The second-order valence-corrected chi connectivity index (χ2v) is 5.29. The van der Waals surface area contributed by atoms with E-state index in [4.69, 9.17) is 0 Å². The second-order valence-electron chi connectivity index (χ2n) is 4.43. The van der Waals surface area contributed by atoms with Crippen molar-refractivity contribution >= 4 is 21.7 Å². The molecule has 3 nitrogen and oxygen atoms in total. The molecule has 1 atom stereocenters. The van der Waals surface area contributed by atoms with Gasteiger partial charge in [0.25, 0.3) is 0 Å². The largest absolute Gasteiger partial charge is 0.300 e. The van der Waals surface area contributed by atoms with Crippen LogP contribution in [-0.4, -0.2) is 15.6 Å². The summed E-state index contributed by atoms with van der Waals surface area (Å²) in [5, 5.41) is 4.31. The van der Waals surface area contributed by atoms with Crippen molar-refractivity contribution in [3.05, 3.63) is 16.4 Å². The maximum absolute atomic E-state index is 11.4. The Hall–Kier alpha value is -0.640. The highest BCUT2D eigenvalue weighted by Gasteiger charge is 2.39. The van der Waals surface area contributed by atoms with E-state index in [0.29, 0.717) is 18.6 Å². The van der Waals surface area contributed by atoms with Crippen LogP contribution in [0.5, 0.6) is 0 Å². The maximum atomic E-state index is 11.4. The Bertz CT molecular complexity index is 399. The van der Waals surface area contributed by atoms with Gasteiger partial charge >= 0.3 is 0 Å². The van der Waals surface area contributed by atoms with Crippen molar-refractivity contribution < 1.29 is 4.79 Å². The lowest BCUT2D eigenvalue weighted by molar-refractivity contribution is -0.117. The SMILES string of the molecule is CCn1ncc(Br)c1C1(C)CCC(=O)C1. The van der Waals surface area contributed by atoms with E-state index in [2.05, 4.69) is 34.9 Å². The topological polar surface area (TPSA) is 34.9 Å². The third kappa shape index (κ3) is 1.75. The standard InChI is InChI=1S/C11H15BrN2O/c1-3-14-10(9(12)7-13-14)11(2)5-4-8(15)6-11/h7H,3-6H2,1-2H3. The van der Waals surface area contributed by atoms with Crippen molar-refractivity contribution in [2.45, 2.75) is 45.1 Å². The monoisotopic (exact) mass is 270 g/mol. The molecular weight excluding hydrogens is 256 g/mol. The van der Waals surface area contributed by atoms with Crippen molar-refractivity contribution in [1.29, 1.82) is 0 Å². The van der Waals surface area contributed by atoms with Crippen LogP contribution in [0.1, 0.15) is 38.8 Å². The predicted molar refractivity (Wildman–Crippen MR) is 61.8 cm³/mol. The second kappa shape index (κ2) is 3.74. The van der Waals surface area contributed by atoms with Gasteiger partial charge in [0, 0.05) is 24.8 Å². The lowest BCUT2D eigenvalue weighted by atomic mass is 9.85. The Morgan fingerprint density at radius 1 is 1.67 bits per heavy atom. The van der Waals surface area contributed by atoms with Crippen LogP contribution in [-0.2, 0) is 16.8 Å². The lowest BCUT2D eigenvalue weighted by Gasteiger charge is -2.24. The minimum absolute atomic E-state index is 0.0254. The van der Waals surface area contributed by atoms with E-state index < -0.39 is 0 Å². The molecule has 82 valence electrons. The molecule has 1 saturated carbocycles. The summed E-state index contributed by atoms with van der Waals surface area (Å²) in [5.74, 6) is 0.369. The number of halogens is 1. The van der Waals surface area contributed by atoms with Gasteiger partial charge < -0.3 is 0 Å². The Balaban J connectivity index is 2.43. The number of aryl methyl sites for hydroxylation is 1. The number of carbonyl (C=O) groups is 1. The van der Waals surface area contributed by atoms with Crippen molar-refractivity contribution in [2.24, 2.45) is 0 Å². The summed E-state index contributed by atoms with van der Waals surface area (Å²) in [5.41, 5.74) is 1.15. The van der Waals surface area contributed by atoms with Crippen LogP contribution in [0, 0.1) is 0 Å². The number of hydrogen-bond donors (Lipinski definition) is 0. The molecule has 4 heteroatoms. The summed E-state index contributed by atoms with van der Waals surface area (Å²) in [4.78, 5) is 11.4. The molecule has 0 bridgehead atoms. The molecule has 0 aliphatic heterocycles. The molecule has 0 amide bonds. The fourth-order valence-electron chi connectivity index (χ4n) is 2.43. The van der Waals surface area contributed by atoms with Crippen LogP contribution < -0.4 is 0 Å². The minimum atomic E-state index is -0.0254. The van der Waals surface area contributed by atoms with Gasteiger partial charge in [-0.2, -0.15) is 5.10 Å². The summed E-state index contributed by atoms with van der Waals surface area (Å²) >= 11 is 3.53. The van der Waals surface area contributed by atoms with Gasteiger partial charge in [-0.25, -0.2) is 0 Å². The van der Waals surface area contributed by atoms with Crippen LogP contribution in [0.2, 0.25) is 0 Å². The fourth-order valence-corrected chi connectivity index (χ4v) is 3.21. The molecule has 1 fully saturated rings. The number of Topliss-reactive ketones (excluding diaryl/α,β-unsaturated/α-hetero) is 1. The Labute approximate surface area is 98.0 Å². The van der Waals surface area contributed by atoms with Crippen LogP contribution >= 0.6 is 15.9 Å². The third-order valence-electron chi connectivity index (χ3n) is 3.21. The van der Waals surface area contributed by atoms with E-state index in [-0.39, 0.29) is 5.41 Å². The summed E-state index contributed by atoms with van der Waals surface area (Å²) in [6, 6.07) is 0. The number of nitrogens with zero attached hydrogens (tertiary/aromatic N) is 2. The van der Waals surface area contributed by atoms with Gasteiger partial charge in [0.1, 0.15) is 5.78 Å². The molecule has 0 radical (unpaired) electrons. The molecular formula is C11H15BrN2O. The van der Waals surface area contributed by atoms with Crippen molar-refractivity contribution in [3.8, 4) is 0 Å². The first kappa shape index (κ1) is 10.9. The lowest BCUT2D eigenvalue weighted by Crippen LogP contribution is -2.23. The Morgan fingerprint density at radius 3 is 2.93 bits per heavy atom. The maximum Gasteiger partial charge on any atom is 0.133 e. The summed E-state index contributed by atoms with van der Waals surface area (Å²) in [7, 11) is 0. The van der Waals surface area contributed by atoms with Crippen molar-refractivity contribution in [3.63, 3.8) is 0 Å². The number of carbonyl (C=O) groups excluding carboxylic acids is 1. The molecule has 0 spiro atoms. The molecule has 1 aliphatic carbocycles. The number of rotatable bonds is 2. The van der Waals surface area contributed by atoms with E-state index >= 15 is 0 Å². The first-order valence-electron chi connectivity index (χ1n) is 5.30. The molecule has 0 N–H and O–H groups in total. The van der Waals surface area contributed by atoms with Gasteiger partial charge in [-0.15, -0.1) is 0 Å². The van der Waals surface area contributed by atoms with Gasteiger partial charge in [-0.1, -0.05) is 6.92 Å². The highest BCUT2D eigenvalue weighted by molar-refractivity contribution is 9.10. The van der Waals surface area contributed by atoms with Gasteiger partial charge in [-0.3, -0.25) is 9.48 Å². The number of hydrogen-bond acceptors (Lipinski definition) is 2. The Morgan fingerprint density at radius 2 is 2.40 bits per heavy atom. The van der Waals surface area contributed by atoms with Crippen molar-refractivity contribution in [2.75, 3.05) is 0 Å². The summed E-state index contributed by atoms with van der Waals surface area (Å²) in [6.45, 7) is 5.08. The van der Waals surface area contributed by atoms with Crippen LogP contribution in [0.15, 0.2) is 10.7 Å². The molecule has 1 unspecified atom stereocenters. The van der Waals surface area contributed by atoms with E-state index in [0.717, 1.165) is 17.4 Å². The molecule has 15 heavy (non-hydrogen) atoms. The van der Waals surface area contributed by atoms with E-state index in [9.17, 15) is 4.79 Å². The molecule has 0 aromatic carbocycles. The average Bonchev–Trinajstić information content (AvgIpc) is 2.71. The summed E-state index contributed by atoms with van der Waals surface area (Å²) < 4.78 is 3.02. The zero-order valence-corrected chi connectivity index (χ0v) is 10.7. The predicted octanol–water partition coefficient (Wildman–Crippen LogP) is 2.68. The zero-order valence-electron chi connectivity index (χ0n) is 9.09. The van der Waals surface area contributed by atoms with Crippen LogP contribution in [0.3, 0.4) is 0 Å². The quantitative estimate of drug-likeness (QED) is 0.828. The highest BCUT2D eigenvalue weighted by atomic mass is 79.9. The van der Waals surface area contributed by atoms with Crippen molar-refractivity contribution in [1.82, 2.24) is 9.78 Å². The van der Waals surface area contributed by atoms with E-state index in [1.165, 1.54) is 5.69 Å². The molecule has 2 rings (SSSR count). The first-order valence-corrected chi connectivity index (χ1v) is 6.09. The van der Waals surface area contributed by atoms with Crippen LogP contribution in [0.25, 0.3) is 0 Å². The minimum Gasteiger partial charge on any atom is -0.300 e. The molecule has 0 saturated heterocycles. The van der Waals surface area contributed by atoms with Gasteiger partial charge in [-0.05, 0) is 29.3 Å². The Kier molecular flexibility index (Phi) is 2.71.